The van der Waals surface area contributed by atoms with Gasteiger partial charge in [-0.05, 0) is 107 Å². The first-order chi connectivity index (χ1) is 50.6. The Bertz CT molecular complexity index is 3730. The van der Waals surface area contributed by atoms with Crippen LogP contribution in [0, 0.1) is 11.8 Å². The van der Waals surface area contributed by atoms with Crippen LogP contribution in [0.4, 0.5) is 21.0 Å². The number of hydrogen-bond acceptors (Lipinski definition) is 22. The van der Waals surface area contributed by atoms with Crippen molar-refractivity contribution < 1.29 is 95.9 Å². The lowest BCUT2D eigenvalue weighted by atomic mass is 9.83. The van der Waals surface area contributed by atoms with E-state index in [1.54, 1.807) is 135 Å². The normalized spacial score (nSPS) is 31.2. The van der Waals surface area contributed by atoms with Gasteiger partial charge in [-0.15, -0.1) is 0 Å². The number of amides is 6. The summed E-state index contributed by atoms with van der Waals surface area (Å²) in [6.07, 6.45) is 3.18. The third kappa shape index (κ3) is 21.7. The topological polar surface area (TPSA) is 313 Å². The number of methoxy groups -OCH3 is 4. The highest BCUT2D eigenvalue weighted by atomic mass is 35.5. The van der Waals surface area contributed by atoms with Crippen molar-refractivity contribution in [1.29, 1.82) is 0 Å². The van der Waals surface area contributed by atoms with Gasteiger partial charge in [0.25, 0.3) is 0 Å². The number of carbonyl (C=O) groups is 8. The number of benzene rings is 2. The molecule has 4 saturated heterocycles. The van der Waals surface area contributed by atoms with Crippen molar-refractivity contribution in [3.63, 3.8) is 0 Å². The molecule has 0 radical (unpaired) electrons. The molecule has 0 aliphatic carbocycles. The Balaban J connectivity index is 0.000000301. The Hall–Kier alpha value is -6.60. The second-order valence-corrected chi connectivity index (χ2v) is 34.5. The zero-order valence-corrected chi connectivity index (χ0v) is 69.3. The molecule has 6 amide bonds. The number of rotatable bonds is 19. The number of thioether (sulfide) groups is 2. The zero-order chi connectivity index (χ0) is 80.4. The minimum atomic E-state index is -1.82. The molecule has 6 aliphatic heterocycles. The number of esters is 2. The van der Waals surface area contributed by atoms with Crippen LogP contribution < -0.4 is 29.9 Å². The number of halogens is 2. The average Bonchev–Trinajstić information content (AvgIpc) is 1.61. The Morgan fingerprint density at radius 1 is 0.630 bits per heavy atom. The van der Waals surface area contributed by atoms with Crippen LogP contribution >= 0.6 is 46.7 Å². The van der Waals surface area contributed by atoms with Gasteiger partial charge in [-0.2, -0.15) is 23.5 Å². The van der Waals surface area contributed by atoms with Crippen LogP contribution in [-0.4, -0.2) is 229 Å². The van der Waals surface area contributed by atoms with E-state index in [-0.39, 0.29) is 65.6 Å². The average molecular weight is 1590 g/mol. The number of likely N-dealkylation sites (N-methyl/N-ethyl adjacent to an activating group) is 2. The molecule has 30 heteroatoms. The van der Waals surface area contributed by atoms with Crippen LogP contribution in [0.1, 0.15) is 146 Å². The minimum Gasteiger partial charge on any atom is -0.495 e. The smallest absolute Gasteiger partial charge is 0.409 e. The number of epoxide rings is 2. The molecule has 0 spiro atoms. The third-order valence-corrected chi connectivity index (χ3v) is 24.2. The highest BCUT2D eigenvalue weighted by Gasteiger charge is 2.66. The standard InChI is InChI=1S/C40H58ClN3O10S.C38H54ClN3O10S/c1-22(2)55-24(4)15-16-33(45)43(8)26(6)37(47)53-32-20-34(46)44(9)28-18-27(19-29(50-10)35(28)41)17-23(3)13-12-14-31(51-11)40(49)21-30(52-38(48)42-40)25(5)36-39(32,7)54-36;1-21(2)53-15-14-31(43)41(7)24(5)35(45)51-30-19-32(44)42(8)26-17-25(18-27(48-9)33(26)39)16-22(3)12-11-13-29(49-10)38(47)20-28(50-36(46)40-38)23(4)34-37(30,6)52-34/h12-14,18-19,22,24-26,30-32,36,49H,15-17,20-21H2,1-11H3,(H,42,48);11-13,17-18,21,23-24,28-30,34,47H,14-16,19-20H2,1-10H3,(H,40,46)/b14-12+,23-13+;13-11+,22-12+/t24?,25-,26+,30+,31-,32+,36+,39+,40+;23-,24+,28+,29-,30+,34+,37+,38+/m11/s1. The van der Waals surface area contributed by atoms with Gasteiger partial charge in [0.1, 0.15) is 81.5 Å². The molecule has 6 heterocycles. The number of aliphatic hydroxyl groups is 2. The summed E-state index contributed by atoms with van der Waals surface area (Å²) in [6, 6.07) is 5.28. The number of allylic oxidation sites excluding steroid dienone is 6. The van der Waals surface area contributed by atoms with E-state index < -0.39 is 131 Å². The van der Waals surface area contributed by atoms with Crippen molar-refractivity contribution in [1.82, 2.24) is 20.4 Å². The van der Waals surface area contributed by atoms with Gasteiger partial charge in [0.05, 0.1) is 50.6 Å². The fraction of sp³-hybridized carbons (Fsp3) is 0.641. The van der Waals surface area contributed by atoms with Crippen molar-refractivity contribution in [2.45, 2.75) is 247 Å². The molecule has 108 heavy (non-hydrogen) atoms. The number of anilines is 2. The number of nitrogens with zero attached hydrogens (tertiary/aromatic N) is 4. The van der Waals surface area contributed by atoms with Gasteiger partial charge in [0.2, 0.25) is 23.6 Å². The van der Waals surface area contributed by atoms with Crippen molar-refractivity contribution in [2.24, 2.45) is 11.8 Å². The van der Waals surface area contributed by atoms with Crippen molar-refractivity contribution in [2.75, 3.05) is 72.2 Å². The maximum atomic E-state index is 14.2. The number of fused-ring (bicyclic) bond motifs is 10. The second kappa shape index (κ2) is 37.6. The van der Waals surface area contributed by atoms with Gasteiger partial charge < -0.3 is 77.2 Å². The summed E-state index contributed by atoms with van der Waals surface area (Å²) in [6.45, 7) is 24.5. The SMILES string of the molecule is COc1cc2cc(c1Cl)N(C)C(=O)C[C@H](OC(=O)[C@H](C)N(C)C(=O)CCC(C)SC(C)C)[C@]1(C)O[C@H]1[C@H](C)[C@@H]1C[C@@](O)(NC(=O)O1)[C@H](OC)/C=C/C=C(\C)C2.COc1cc2cc(c1Cl)N(C)C(=O)C[C@H](OC(=O)[C@H](C)N(C)C(=O)CCSC(C)C)[C@]1(C)O[C@H]1[C@H](C)[C@@H]1C[C@@](O)(NC(=O)O1)[C@H](OC)/C=C/C=C(\C)C2. The molecular weight excluding hydrogens is 1480 g/mol. The molecule has 26 nitrogen and oxygen atoms in total. The van der Waals surface area contributed by atoms with E-state index >= 15 is 0 Å². The van der Waals surface area contributed by atoms with E-state index in [2.05, 4.69) is 31.4 Å². The predicted octanol–water partition coefficient (Wildman–Crippen LogP) is 10.9. The molecule has 0 aromatic heterocycles. The van der Waals surface area contributed by atoms with Crippen LogP contribution in [0.5, 0.6) is 11.5 Å². The Kier molecular flexibility index (Phi) is 30.9. The van der Waals surface area contributed by atoms with E-state index in [4.69, 9.17) is 70.6 Å². The van der Waals surface area contributed by atoms with E-state index in [1.165, 1.54) is 48.0 Å². The molecular formula is C78H112Cl2N6O20S2. The summed E-state index contributed by atoms with van der Waals surface area (Å²) < 4.78 is 58.6. The Labute approximate surface area is 654 Å². The van der Waals surface area contributed by atoms with E-state index in [9.17, 15) is 48.6 Å². The quantitative estimate of drug-likeness (QED) is 0.0577. The van der Waals surface area contributed by atoms with Crippen molar-refractivity contribution in [3.05, 3.63) is 93.0 Å². The molecule has 17 atom stereocenters. The van der Waals surface area contributed by atoms with Crippen molar-refractivity contribution >= 4 is 106 Å². The lowest BCUT2D eigenvalue weighted by Crippen LogP contribution is -2.63. The Morgan fingerprint density at radius 2 is 1.02 bits per heavy atom. The fourth-order valence-electron chi connectivity index (χ4n) is 14.0. The first-order valence-electron chi connectivity index (χ1n) is 36.6. The first-order valence-corrected chi connectivity index (χ1v) is 39.3. The van der Waals surface area contributed by atoms with Crippen LogP contribution in [0.25, 0.3) is 0 Å². The molecule has 0 saturated carbocycles. The summed E-state index contributed by atoms with van der Waals surface area (Å²) in [5.41, 5.74) is -1.77. The van der Waals surface area contributed by atoms with E-state index in [0.717, 1.165) is 22.3 Å². The van der Waals surface area contributed by atoms with E-state index in [1.807, 2.05) is 46.8 Å². The minimum absolute atomic E-state index is 0.0450. The lowest BCUT2D eigenvalue weighted by molar-refractivity contribution is -0.162. The van der Waals surface area contributed by atoms with Gasteiger partial charge >= 0.3 is 24.1 Å². The second-order valence-electron chi connectivity index (χ2n) is 30.0. The van der Waals surface area contributed by atoms with Gasteiger partial charge in [-0.3, -0.25) is 29.8 Å². The Morgan fingerprint density at radius 3 is 1.38 bits per heavy atom. The summed E-state index contributed by atoms with van der Waals surface area (Å²) >= 11 is 17.0. The number of nitrogens with one attached hydrogen (secondary N) is 2. The summed E-state index contributed by atoms with van der Waals surface area (Å²) in [5.74, 6) is -2.35. The molecule has 1 unspecified atom stereocenters. The van der Waals surface area contributed by atoms with Crippen LogP contribution in [0.15, 0.2) is 71.9 Å². The summed E-state index contributed by atoms with van der Waals surface area (Å²) in [7, 11) is 12.1. The summed E-state index contributed by atoms with van der Waals surface area (Å²) in [4.78, 5) is 113. The van der Waals surface area contributed by atoms with Crippen molar-refractivity contribution in [3.8, 4) is 11.5 Å². The molecule has 4 N–H and O–H groups in total. The number of hydrogen-bond donors (Lipinski definition) is 4. The molecule has 2 aromatic rings. The van der Waals surface area contributed by atoms with Crippen LogP contribution in [-0.2, 0) is 79.5 Å². The van der Waals surface area contributed by atoms with Gasteiger partial charge in [-0.1, -0.05) is 119 Å². The van der Waals surface area contributed by atoms with Crippen LogP contribution in [0.3, 0.4) is 0 Å². The van der Waals surface area contributed by atoms with Gasteiger partial charge in [0, 0.05) is 90.9 Å². The maximum Gasteiger partial charge on any atom is 0.409 e. The van der Waals surface area contributed by atoms with Gasteiger partial charge in [-0.25, -0.2) is 19.2 Å². The largest absolute Gasteiger partial charge is 0.495 e. The highest BCUT2D eigenvalue weighted by Crippen LogP contribution is 2.51. The zero-order valence-electron chi connectivity index (χ0n) is 66.1. The fourth-order valence-corrected chi connectivity index (χ4v) is 16.6. The lowest BCUT2D eigenvalue weighted by Gasteiger charge is -2.42. The number of alkyl carbamates (subject to hydrolysis) is 2. The monoisotopic (exact) mass is 1590 g/mol. The summed E-state index contributed by atoms with van der Waals surface area (Å²) in [5, 5.41) is 30.1. The predicted molar refractivity (Wildman–Crippen MR) is 416 cm³/mol. The van der Waals surface area contributed by atoms with Gasteiger partial charge in [0.15, 0.2) is 11.4 Å². The third-order valence-electron chi connectivity index (χ3n) is 21.1. The highest BCUT2D eigenvalue weighted by molar-refractivity contribution is 8.00. The van der Waals surface area contributed by atoms with E-state index in [0.29, 0.717) is 58.4 Å². The number of ether oxygens (including phenoxy) is 10. The molecule has 8 bridgehead atoms. The molecule has 6 aliphatic rings. The molecule has 600 valence electrons. The number of carbonyl (C=O) groups excluding carboxylic acids is 8. The molecule has 8 rings (SSSR count). The molecule has 4 fully saturated rings. The first kappa shape index (κ1) is 88.6. The maximum absolute atomic E-state index is 14.2. The molecule has 2 aromatic carbocycles. The van der Waals surface area contributed by atoms with Crippen LogP contribution in [0.2, 0.25) is 10.0 Å².